The number of carbonyl (C=O) groups is 1. The van der Waals surface area contributed by atoms with Crippen molar-refractivity contribution in [3.05, 3.63) is 58.4 Å². The third-order valence-electron chi connectivity index (χ3n) is 4.06. The van der Waals surface area contributed by atoms with Gasteiger partial charge in [0.05, 0.1) is 20.7 Å². The number of sulfonamides is 1. The van der Waals surface area contributed by atoms with Crippen LogP contribution in [0, 0.1) is 0 Å². The summed E-state index contributed by atoms with van der Waals surface area (Å²) in [6.07, 6.45) is -3.87. The Morgan fingerprint density at radius 1 is 1.21 bits per heavy atom. The molecule has 29 heavy (non-hydrogen) atoms. The Hall–Kier alpha value is -2.50. The number of hydrogen-bond acceptors (Lipinski definition) is 4. The van der Waals surface area contributed by atoms with Crippen LogP contribution in [-0.2, 0) is 22.7 Å². The second kappa shape index (κ2) is 7.73. The van der Waals surface area contributed by atoms with E-state index < -0.39 is 27.7 Å². The van der Waals surface area contributed by atoms with Gasteiger partial charge in [0, 0.05) is 12.1 Å². The summed E-state index contributed by atoms with van der Waals surface area (Å²) in [5, 5.41) is 5.16. The highest BCUT2D eigenvalue weighted by Gasteiger charge is 2.30. The van der Waals surface area contributed by atoms with Crippen LogP contribution in [0.2, 0.25) is 0 Å². The Kier molecular flexibility index (Phi) is 5.65. The van der Waals surface area contributed by atoms with Crippen LogP contribution in [0.25, 0.3) is 10.2 Å². The molecule has 0 aliphatic carbocycles. The van der Waals surface area contributed by atoms with Crippen LogP contribution in [0.4, 0.5) is 13.2 Å². The molecular formula is C18H16F3N3O3S2. The summed E-state index contributed by atoms with van der Waals surface area (Å²) in [5.74, 6) is -0.820. The molecule has 154 valence electrons. The van der Waals surface area contributed by atoms with Gasteiger partial charge in [0.25, 0.3) is 5.91 Å². The SMILES string of the molecule is CCCn1c(=NC(=O)c2cccc(C(F)(F)F)c2)sc2cc(S(N)(=O)=O)ccc21. The van der Waals surface area contributed by atoms with E-state index in [9.17, 15) is 26.4 Å². The Bertz CT molecular complexity index is 1260. The topological polar surface area (TPSA) is 94.5 Å². The van der Waals surface area contributed by atoms with E-state index in [4.69, 9.17) is 5.14 Å². The zero-order valence-corrected chi connectivity index (χ0v) is 16.7. The van der Waals surface area contributed by atoms with Gasteiger partial charge in [-0.05, 0) is 42.8 Å². The van der Waals surface area contributed by atoms with Crippen molar-refractivity contribution in [1.82, 2.24) is 4.57 Å². The maximum atomic E-state index is 12.9. The van der Waals surface area contributed by atoms with E-state index in [-0.39, 0.29) is 15.3 Å². The lowest BCUT2D eigenvalue weighted by molar-refractivity contribution is -0.137. The molecule has 0 saturated carbocycles. The van der Waals surface area contributed by atoms with Crippen molar-refractivity contribution in [2.75, 3.05) is 0 Å². The highest BCUT2D eigenvalue weighted by Crippen LogP contribution is 2.29. The predicted octanol–water partition coefficient (Wildman–Crippen LogP) is 3.52. The third-order valence-corrected chi connectivity index (χ3v) is 6.02. The number of rotatable bonds is 4. The van der Waals surface area contributed by atoms with Gasteiger partial charge >= 0.3 is 6.18 Å². The van der Waals surface area contributed by atoms with Gasteiger partial charge in [-0.2, -0.15) is 18.2 Å². The fourth-order valence-corrected chi connectivity index (χ4v) is 4.44. The van der Waals surface area contributed by atoms with Gasteiger partial charge in [0.15, 0.2) is 4.80 Å². The van der Waals surface area contributed by atoms with Crippen LogP contribution >= 0.6 is 11.3 Å². The Morgan fingerprint density at radius 2 is 1.93 bits per heavy atom. The summed E-state index contributed by atoms with van der Waals surface area (Å²) in [6, 6.07) is 8.34. The number of halogens is 3. The summed E-state index contributed by atoms with van der Waals surface area (Å²) in [5.41, 5.74) is -0.473. The minimum atomic E-state index is -4.57. The van der Waals surface area contributed by atoms with Crippen molar-refractivity contribution >= 4 is 37.5 Å². The maximum absolute atomic E-state index is 12.9. The molecule has 6 nitrogen and oxygen atoms in total. The first-order chi connectivity index (χ1) is 13.5. The quantitative estimate of drug-likeness (QED) is 0.668. The molecule has 0 saturated heterocycles. The van der Waals surface area contributed by atoms with Gasteiger partial charge in [0.2, 0.25) is 10.0 Å². The molecule has 1 aromatic heterocycles. The first-order valence-corrected chi connectivity index (χ1v) is 10.8. The van der Waals surface area contributed by atoms with E-state index in [2.05, 4.69) is 4.99 Å². The summed E-state index contributed by atoms with van der Waals surface area (Å²) >= 11 is 1.06. The van der Waals surface area contributed by atoms with Gasteiger partial charge in [-0.25, -0.2) is 13.6 Å². The average Bonchev–Trinajstić information content (AvgIpc) is 2.97. The smallest absolute Gasteiger partial charge is 0.316 e. The minimum absolute atomic E-state index is 0.0781. The fraction of sp³-hybridized carbons (Fsp3) is 0.222. The number of primary sulfonamides is 1. The van der Waals surface area contributed by atoms with Crippen LogP contribution in [-0.4, -0.2) is 18.9 Å². The van der Waals surface area contributed by atoms with Crippen LogP contribution in [0.15, 0.2) is 52.4 Å². The van der Waals surface area contributed by atoms with Crippen molar-refractivity contribution in [3.63, 3.8) is 0 Å². The molecule has 0 radical (unpaired) electrons. The summed E-state index contributed by atoms with van der Waals surface area (Å²) in [6.45, 7) is 2.40. The third kappa shape index (κ3) is 4.57. The van der Waals surface area contributed by atoms with E-state index in [1.165, 1.54) is 18.2 Å². The summed E-state index contributed by atoms with van der Waals surface area (Å²) in [4.78, 5) is 16.7. The van der Waals surface area contributed by atoms with Crippen LogP contribution in [0.1, 0.15) is 29.3 Å². The maximum Gasteiger partial charge on any atom is 0.416 e. The van der Waals surface area contributed by atoms with Crippen molar-refractivity contribution in [2.24, 2.45) is 10.1 Å². The minimum Gasteiger partial charge on any atom is -0.316 e. The molecule has 0 spiro atoms. The van der Waals surface area contributed by atoms with E-state index in [0.29, 0.717) is 23.2 Å². The molecule has 2 aromatic carbocycles. The van der Waals surface area contributed by atoms with Crippen molar-refractivity contribution in [2.45, 2.75) is 31.0 Å². The van der Waals surface area contributed by atoms with Crippen molar-refractivity contribution in [3.8, 4) is 0 Å². The van der Waals surface area contributed by atoms with Gasteiger partial charge in [-0.15, -0.1) is 0 Å². The Morgan fingerprint density at radius 3 is 2.55 bits per heavy atom. The monoisotopic (exact) mass is 443 g/mol. The number of carbonyl (C=O) groups excluding carboxylic acids is 1. The molecule has 0 aliphatic rings. The molecule has 0 bridgehead atoms. The normalized spacial score (nSPS) is 13.2. The van der Waals surface area contributed by atoms with Gasteiger partial charge < -0.3 is 4.57 Å². The van der Waals surface area contributed by atoms with Crippen molar-refractivity contribution in [1.29, 1.82) is 0 Å². The summed E-state index contributed by atoms with van der Waals surface area (Å²) in [7, 11) is -3.90. The van der Waals surface area contributed by atoms with Crippen LogP contribution in [0.3, 0.4) is 0 Å². The first kappa shape index (κ1) is 21.2. The number of nitrogens with zero attached hydrogens (tertiary/aromatic N) is 2. The molecule has 1 heterocycles. The van der Waals surface area contributed by atoms with E-state index in [1.807, 2.05) is 6.92 Å². The molecule has 0 aliphatic heterocycles. The number of alkyl halides is 3. The van der Waals surface area contributed by atoms with E-state index in [0.717, 1.165) is 29.5 Å². The largest absolute Gasteiger partial charge is 0.416 e. The van der Waals surface area contributed by atoms with Crippen LogP contribution < -0.4 is 9.94 Å². The number of amides is 1. The van der Waals surface area contributed by atoms with Gasteiger partial charge in [-0.3, -0.25) is 4.79 Å². The molecule has 2 N–H and O–H groups in total. The first-order valence-electron chi connectivity index (χ1n) is 8.43. The highest BCUT2D eigenvalue weighted by atomic mass is 32.2. The molecule has 0 atom stereocenters. The number of hydrogen-bond donors (Lipinski definition) is 1. The van der Waals surface area contributed by atoms with Crippen molar-refractivity contribution < 1.29 is 26.4 Å². The molecular weight excluding hydrogens is 427 g/mol. The fourth-order valence-electron chi connectivity index (χ4n) is 2.74. The zero-order chi connectivity index (χ0) is 21.4. The zero-order valence-electron chi connectivity index (χ0n) is 15.1. The molecule has 11 heteroatoms. The molecule has 3 aromatic rings. The second-order valence-electron chi connectivity index (χ2n) is 6.21. The predicted molar refractivity (Wildman–Crippen MR) is 103 cm³/mol. The lowest BCUT2D eigenvalue weighted by atomic mass is 10.1. The lowest BCUT2D eigenvalue weighted by Gasteiger charge is -2.07. The van der Waals surface area contributed by atoms with Gasteiger partial charge in [0.1, 0.15) is 0 Å². The highest BCUT2D eigenvalue weighted by molar-refractivity contribution is 7.89. The number of fused-ring (bicyclic) bond motifs is 1. The number of aromatic nitrogens is 1. The molecule has 0 fully saturated rings. The van der Waals surface area contributed by atoms with Crippen LogP contribution in [0.5, 0.6) is 0 Å². The Balaban J connectivity index is 2.14. The molecule has 0 unspecified atom stereocenters. The number of benzene rings is 2. The Labute approximate surface area is 168 Å². The summed E-state index contributed by atoms with van der Waals surface area (Å²) < 4.78 is 64.1. The molecule has 1 amide bonds. The van der Waals surface area contributed by atoms with E-state index in [1.54, 1.807) is 10.6 Å². The van der Waals surface area contributed by atoms with Gasteiger partial charge in [-0.1, -0.05) is 24.3 Å². The van der Waals surface area contributed by atoms with E-state index >= 15 is 0 Å². The second-order valence-corrected chi connectivity index (χ2v) is 8.78. The number of nitrogens with two attached hydrogens (primary N) is 1. The standard InChI is InChI=1S/C18H16F3N3O3S2/c1-2-8-24-14-7-6-13(29(22,26)27)10-15(14)28-17(24)23-16(25)11-4-3-5-12(9-11)18(19,20)21/h3-7,9-10H,2,8H2,1H3,(H2,22,26,27). The lowest BCUT2D eigenvalue weighted by Crippen LogP contribution is -2.17. The molecule has 3 rings (SSSR count). The average molecular weight is 443 g/mol. The number of aryl methyl sites for hydroxylation is 1. The number of thiazole rings is 1.